The second-order valence-corrected chi connectivity index (χ2v) is 5.18. The van der Waals surface area contributed by atoms with Crippen molar-refractivity contribution in [1.82, 2.24) is 5.32 Å². The second-order valence-electron chi connectivity index (χ2n) is 3.38. The molecular formula is C10H17ClNO3P. The zero-order chi connectivity index (χ0) is 11.3. The van der Waals surface area contributed by atoms with Gasteiger partial charge in [0.15, 0.2) is 0 Å². The van der Waals surface area contributed by atoms with E-state index in [9.17, 15) is 4.57 Å². The molecule has 0 spiro atoms. The fourth-order valence-electron chi connectivity index (χ4n) is 1.33. The highest BCUT2D eigenvalue weighted by Gasteiger charge is 2.25. The van der Waals surface area contributed by atoms with Crippen molar-refractivity contribution >= 4 is 20.0 Å². The Bertz CT molecular complexity index is 341. The van der Waals surface area contributed by atoms with Crippen LogP contribution < -0.4 is 5.32 Å². The normalized spacial score (nSPS) is 12.9. The largest absolute Gasteiger partial charge is 0.342 e. The summed E-state index contributed by atoms with van der Waals surface area (Å²) < 4.78 is 11.0. The molecule has 1 aromatic carbocycles. The highest BCUT2D eigenvalue weighted by atomic mass is 35.5. The fourth-order valence-corrected chi connectivity index (χ4v) is 2.14. The molecule has 0 aromatic heterocycles. The molecule has 0 saturated heterocycles. The van der Waals surface area contributed by atoms with Crippen molar-refractivity contribution in [3.05, 3.63) is 35.9 Å². The van der Waals surface area contributed by atoms with E-state index >= 15 is 0 Å². The zero-order valence-corrected chi connectivity index (χ0v) is 10.7. The number of halogens is 1. The predicted octanol–water partition coefficient (Wildman–Crippen LogP) is 2.11. The van der Waals surface area contributed by atoms with Crippen molar-refractivity contribution in [1.29, 1.82) is 0 Å². The van der Waals surface area contributed by atoms with Gasteiger partial charge in [-0.15, -0.1) is 12.4 Å². The van der Waals surface area contributed by atoms with Crippen molar-refractivity contribution in [3.8, 4) is 0 Å². The Morgan fingerprint density at radius 2 is 1.88 bits per heavy atom. The molecule has 0 aliphatic rings. The first-order valence-corrected chi connectivity index (χ1v) is 6.54. The molecule has 0 radical (unpaired) electrons. The summed E-state index contributed by atoms with van der Waals surface area (Å²) in [5.74, 6) is -0.752. The smallest absolute Gasteiger partial charge is 0.323 e. The highest BCUT2D eigenvalue weighted by Crippen LogP contribution is 2.41. The lowest BCUT2D eigenvalue weighted by Gasteiger charge is -2.18. The Labute approximate surface area is 102 Å². The number of nitrogens with one attached hydrogen (secondary N) is 1. The number of hydrogen-bond donors (Lipinski definition) is 3. The minimum atomic E-state index is -4.02. The highest BCUT2D eigenvalue weighted by molar-refractivity contribution is 7.52. The topological polar surface area (TPSA) is 69.6 Å². The molecule has 6 heteroatoms. The van der Waals surface area contributed by atoms with Gasteiger partial charge in [0, 0.05) is 6.54 Å². The molecule has 0 heterocycles. The van der Waals surface area contributed by atoms with E-state index in [0.29, 0.717) is 13.0 Å². The van der Waals surface area contributed by atoms with Crippen LogP contribution in [0.5, 0.6) is 0 Å². The molecule has 0 aliphatic carbocycles. The standard InChI is InChI=1S/C10H16NO3P.ClH/c1-2-10(15(12,13)14)11-8-9-6-4-3-5-7-9;/h3-7,10-11H,2,8H2,1H3,(H2,12,13,14);1H. The van der Waals surface area contributed by atoms with Crippen LogP contribution in [0.2, 0.25) is 0 Å². The summed E-state index contributed by atoms with van der Waals surface area (Å²) in [5, 5.41) is 2.86. The first kappa shape index (κ1) is 15.6. The summed E-state index contributed by atoms with van der Waals surface area (Å²) in [6.45, 7) is 2.23. The fraction of sp³-hybridized carbons (Fsp3) is 0.400. The summed E-state index contributed by atoms with van der Waals surface area (Å²) in [4.78, 5) is 18.0. The van der Waals surface area contributed by atoms with Crippen molar-refractivity contribution < 1.29 is 14.4 Å². The van der Waals surface area contributed by atoms with Crippen molar-refractivity contribution in [2.45, 2.75) is 25.7 Å². The Kier molecular flexibility index (Phi) is 6.88. The first-order chi connectivity index (χ1) is 7.04. The Balaban J connectivity index is 0.00000225. The maximum Gasteiger partial charge on any atom is 0.342 e. The first-order valence-electron chi connectivity index (χ1n) is 4.86. The van der Waals surface area contributed by atoms with Gasteiger partial charge < -0.3 is 9.79 Å². The van der Waals surface area contributed by atoms with Gasteiger partial charge in [0.2, 0.25) is 0 Å². The van der Waals surface area contributed by atoms with Gasteiger partial charge in [-0.3, -0.25) is 9.88 Å². The van der Waals surface area contributed by atoms with Crippen LogP contribution in [0, 0.1) is 0 Å². The van der Waals surface area contributed by atoms with E-state index in [1.165, 1.54) is 0 Å². The maximum atomic E-state index is 11.0. The van der Waals surface area contributed by atoms with Gasteiger partial charge in [0.05, 0.1) is 0 Å². The third-order valence-corrected chi connectivity index (χ3v) is 3.54. The van der Waals surface area contributed by atoms with Gasteiger partial charge in [0.25, 0.3) is 0 Å². The molecule has 16 heavy (non-hydrogen) atoms. The van der Waals surface area contributed by atoms with Crippen LogP contribution in [0.1, 0.15) is 18.9 Å². The van der Waals surface area contributed by atoms with Gasteiger partial charge in [-0.1, -0.05) is 37.3 Å². The Morgan fingerprint density at radius 3 is 2.31 bits per heavy atom. The number of hydrogen-bond acceptors (Lipinski definition) is 2. The molecule has 0 bridgehead atoms. The molecular weight excluding hydrogens is 249 g/mol. The SMILES string of the molecule is CCC(NCc1ccccc1)P(=O)(O)O.Cl. The zero-order valence-electron chi connectivity index (χ0n) is 9.04. The van der Waals surface area contributed by atoms with E-state index in [1.54, 1.807) is 6.92 Å². The van der Waals surface area contributed by atoms with E-state index in [2.05, 4.69) is 5.32 Å². The third kappa shape index (κ3) is 5.10. The summed E-state index contributed by atoms with van der Waals surface area (Å²) in [5.41, 5.74) is 1.02. The minimum Gasteiger partial charge on any atom is -0.323 e. The Hall–Kier alpha value is -0.380. The summed E-state index contributed by atoms with van der Waals surface area (Å²) in [7, 11) is -4.02. The Morgan fingerprint density at radius 1 is 1.31 bits per heavy atom. The molecule has 92 valence electrons. The molecule has 0 aliphatic heterocycles. The number of rotatable bonds is 5. The summed E-state index contributed by atoms with van der Waals surface area (Å²) in [6.07, 6.45) is 0.414. The van der Waals surface area contributed by atoms with E-state index < -0.39 is 13.4 Å². The van der Waals surface area contributed by atoms with Crippen LogP contribution in [-0.4, -0.2) is 15.6 Å². The summed E-state index contributed by atoms with van der Waals surface area (Å²) >= 11 is 0. The second kappa shape index (κ2) is 7.05. The van der Waals surface area contributed by atoms with Crippen LogP contribution in [0.3, 0.4) is 0 Å². The molecule has 0 saturated carbocycles. The maximum absolute atomic E-state index is 11.0. The van der Waals surface area contributed by atoms with Crippen LogP contribution in [0.4, 0.5) is 0 Å². The van der Waals surface area contributed by atoms with Crippen LogP contribution in [-0.2, 0) is 11.1 Å². The number of benzene rings is 1. The molecule has 1 atom stereocenters. The molecule has 1 rings (SSSR count). The molecule has 3 N–H and O–H groups in total. The van der Waals surface area contributed by atoms with Gasteiger partial charge in [-0.2, -0.15) is 0 Å². The van der Waals surface area contributed by atoms with Crippen LogP contribution in [0.15, 0.2) is 30.3 Å². The van der Waals surface area contributed by atoms with E-state index in [4.69, 9.17) is 9.79 Å². The van der Waals surface area contributed by atoms with Gasteiger partial charge >= 0.3 is 7.60 Å². The van der Waals surface area contributed by atoms with E-state index in [0.717, 1.165) is 5.56 Å². The monoisotopic (exact) mass is 265 g/mol. The molecule has 0 amide bonds. The van der Waals surface area contributed by atoms with Crippen molar-refractivity contribution in [2.75, 3.05) is 0 Å². The van der Waals surface area contributed by atoms with Gasteiger partial charge in [0.1, 0.15) is 5.78 Å². The summed E-state index contributed by atoms with van der Waals surface area (Å²) in [6, 6.07) is 9.54. The van der Waals surface area contributed by atoms with Gasteiger partial charge in [-0.05, 0) is 12.0 Å². The van der Waals surface area contributed by atoms with Crippen LogP contribution in [0.25, 0.3) is 0 Å². The van der Waals surface area contributed by atoms with Gasteiger partial charge in [-0.25, -0.2) is 0 Å². The third-order valence-electron chi connectivity index (χ3n) is 2.18. The quantitative estimate of drug-likeness (QED) is 0.713. The average Bonchev–Trinajstić information content (AvgIpc) is 2.18. The van der Waals surface area contributed by atoms with E-state index in [1.807, 2.05) is 30.3 Å². The van der Waals surface area contributed by atoms with Crippen molar-refractivity contribution in [2.24, 2.45) is 0 Å². The predicted molar refractivity (Wildman–Crippen MR) is 66.7 cm³/mol. The lowest BCUT2D eigenvalue weighted by Crippen LogP contribution is -2.27. The molecule has 0 fully saturated rings. The molecule has 4 nitrogen and oxygen atoms in total. The minimum absolute atomic E-state index is 0. The average molecular weight is 266 g/mol. The van der Waals surface area contributed by atoms with Crippen molar-refractivity contribution in [3.63, 3.8) is 0 Å². The lowest BCUT2D eigenvalue weighted by atomic mass is 10.2. The lowest BCUT2D eigenvalue weighted by molar-refractivity contribution is 0.343. The molecule has 1 aromatic rings. The van der Waals surface area contributed by atoms with Crippen LogP contribution >= 0.6 is 20.0 Å². The molecule has 1 unspecified atom stereocenters. The van der Waals surface area contributed by atoms with E-state index in [-0.39, 0.29) is 12.4 Å².